The first-order chi connectivity index (χ1) is 12.9. The third kappa shape index (κ3) is 6.36. The number of hydrogen-bond donors (Lipinski definition) is 1. The molecule has 2 rings (SSSR count). The molecule has 1 saturated heterocycles. The van der Waals surface area contributed by atoms with Gasteiger partial charge in [-0.25, -0.2) is 4.98 Å². The van der Waals surface area contributed by atoms with E-state index < -0.39 is 0 Å². The fraction of sp³-hybridized carbons (Fsp3) is 0.700. The average Bonchev–Trinajstić information content (AvgIpc) is 2.66. The third-order valence-corrected chi connectivity index (χ3v) is 5.66. The van der Waals surface area contributed by atoms with E-state index in [1.165, 1.54) is 0 Å². The first kappa shape index (κ1) is 22.0. The smallest absolute Gasteiger partial charge is 0.254 e. The molecule has 6 nitrogen and oxygen atoms in total. The summed E-state index contributed by atoms with van der Waals surface area (Å²) in [5.41, 5.74) is 1.51. The Morgan fingerprint density at radius 2 is 2.11 bits per heavy atom. The Balaban J connectivity index is 2.08. The summed E-state index contributed by atoms with van der Waals surface area (Å²) in [6.45, 7) is 11.9. The molecule has 1 N–H and O–H groups in total. The second-order valence-corrected chi connectivity index (χ2v) is 8.59. The first-order valence-corrected chi connectivity index (χ1v) is 10.7. The summed E-state index contributed by atoms with van der Waals surface area (Å²) in [5.74, 6) is 1.77. The summed E-state index contributed by atoms with van der Waals surface area (Å²) >= 11 is 1.62. The predicted octanol–water partition coefficient (Wildman–Crippen LogP) is 3.27. The molecule has 0 aromatic carbocycles. The molecule has 1 fully saturated rings. The lowest BCUT2D eigenvalue weighted by Crippen LogP contribution is -2.37. The van der Waals surface area contributed by atoms with Crippen LogP contribution in [0.2, 0.25) is 0 Å². The molecule has 0 saturated carbocycles. The van der Waals surface area contributed by atoms with Crippen molar-refractivity contribution in [1.82, 2.24) is 10.3 Å². The zero-order valence-corrected chi connectivity index (χ0v) is 18.1. The molecule has 1 aliphatic rings. The van der Waals surface area contributed by atoms with Crippen LogP contribution in [0.1, 0.15) is 49.5 Å². The molecule has 1 amide bonds. The lowest BCUT2D eigenvalue weighted by atomic mass is 10.0. The summed E-state index contributed by atoms with van der Waals surface area (Å²) in [6, 6.07) is 2.02. The summed E-state index contributed by atoms with van der Waals surface area (Å²) in [4.78, 5) is 19.8. The number of amides is 1. The van der Waals surface area contributed by atoms with Crippen LogP contribution >= 0.6 is 11.8 Å². The van der Waals surface area contributed by atoms with Crippen LogP contribution in [0, 0.1) is 6.92 Å². The fourth-order valence-corrected chi connectivity index (χ4v) is 3.83. The lowest BCUT2D eigenvalue weighted by molar-refractivity contribution is 0.0139. The number of hydrogen-bond acceptors (Lipinski definition) is 6. The van der Waals surface area contributed by atoms with Crippen molar-refractivity contribution in [2.45, 2.75) is 51.2 Å². The molecule has 152 valence electrons. The Labute approximate surface area is 167 Å². The SMILES string of the molecule is CCSc1nc(N2CCOCC2)cc(C)c1C(=O)NCCCC(C)(C)OC. The van der Waals surface area contributed by atoms with Crippen LogP contribution in [0.5, 0.6) is 0 Å². The highest BCUT2D eigenvalue weighted by atomic mass is 32.2. The van der Waals surface area contributed by atoms with E-state index in [9.17, 15) is 4.79 Å². The van der Waals surface area contributed by atoms with Crippen molar-refractivity contribution in [2.75, 3.05) is 50.6 Å². The Hall–Kier alpha value is -1.31. The summed E-state index contributed by atoms with van der Waals surface area (Å²) in [5, 5.41) is 3.87. The van der Waals surface area contributed by atoms with E-state index in [0.717, 1.165) is 61.3 Å². The van der Waals surface area contributed by atoms with Crippen LogP contribution in [0.15, 0.2) is 11.1 Å². The molecule has 2 heterocycles. The number of carbonyl (C=O) groups excluding carboxylic acids is 1. The van der Waals surface area contributed by atoms with Crippen LogP contribution in [0.3, 0.4) is 0 Å². The maximum Gasteiger partial charge on any atom is 0.254 e. The van der Waals surface area contributed by atoms with Gasteiger partial charge in [-0.15, -0.1) is 11.8 Å². The van der Waals surface area contributed by atoms with E-state index in [2.05, 4.69) is 31.0 Å². The van der Waals surface area contributed by atoms with Gasteiger partial charge in [0.1, 0.15) is 10.8 Å². The fourth-order valence-electron chi connectivity index (χ4n) is 3.00. The molecule has 1 aliphatic heterocycles. The van der Waals surface area contributed by atoms with Gasteiger partial charge in [-0.2, -0.15) is 0 Å². The Kier molecular flexibility index (Phi) is 8.38. The van der Waals surface area contributed by atoms with Crippen molar-refractivity contribution in [2.24, 2.45) is 0 Å². The number of methoxy groups -OCH3 is 1. The second-order valence-electron chi connectivity index (χ2n) is 7.33. The molecule has 0 atom stereocenters. The van der Waals surface area contributed by atoms with Gasteiger partial charge < -0.3 is 19.7 Å². The van der Waals surface area contributed by atoms with E-state index in [4.69, 9.17) is 14.5 Å². The minimum absolute atomic E-state index is 0.0419. The molecular weight excluding hydrogens is 362 g/mol. The number of pyridine rings is 1. The highest BCUT2D eigenvalue weighted by Gasteiger charge is 2.21. The molecule has 0 radical (unpaired) electrons. The summed E-state index contributed by atoms with van der Waals surface area (Å²) in [6.07, 6.45) is 1.77. The van der Waals surface area contributed by atoms with Gasteiger partial charge >= 0.3 is 0 Å². The van der Waals surface area contributed by atoms with Crippen molar-refractivity contribution in [3.05, 3.63) is 17.2 Å². The number of aryl methyl sites for hydroxylation is 1. The quantitative estimate of drug-likeness (QED) is 0.511. The molecule has 7 heteroatoms. The van der Waals surface area contributed by atoms with Crippen molar-refractivity contribution < 1.29 is 14.3 Å². The van der Waals surface area contributed by atoms with Crippen molar-refractivity contribution in [3.8, 4) is 0 Å². The van der Waals surface area contributed by atoms with Gasteiger partial charge in [-0.3, -0.25) is 4.79 Å². The van der Waals surface area contributed by atoms with Gasteiger partial charge in [0.05, 0.1) is 24.4 Å². The average molecular weight is 396 g/mol. The van der Waals surface area contributed by atoms with Crippen molar-refractivity contribution in [3.63, 3.8) is 0 Å². The van der Waals surface area contributed by atoms with E-state index in [1.54, 1.807) is 18.9 Å². The summed E-state index contributed by atoms with van der Waals surface area (Å²) < 4.78 is 10.9. The molecule has 0 spiro atoms. The van der Waals surface area contributed by atoms with Crippen molar-refractivity contribution >= 4 is 23.5 Å². The number of carbonyl (C=O) groups is 1. The van der Waals surface area contributed by atoms with Gasteiger partial charge in [0.25, 0.3) is 5.91 Å². The molecule has 1 aromatic rings. The van der Waals surface area contributed by atoms with Gasteiger partial charge in [0.2, 0.25) is 0 Å². The number of anilines is 1. The minimum atomic E-state index is -0.161. The van der Waals surface area contributed by atoms with Gasteiger partial charge in [-0.05, 0) is 51.0 Å². The summed E-state index contributed by atoms with van der Waals surface area (Å²) in [7, 11) is 1.72. The molecular formula is C20H33N3O3S. The van der Waals surface area contributed by atoms with Crippen LogP contribution in [-0.4, -0.2) is 62.2 Å². The predicted molar refractivity (Wildman–Crippen MR) is 111 cm³/mol. The van der Waals surface area contributed by atoms with Gasteiger partial charge in [0, 0.05) is 26.7 Å². The molecule has 0 aliphatic carbocycles. The molecule has 1 aromatic heterocycles. The number of thioether (sulfide) groups is 1. The van der Waals surface area contributed by atoms with Crippen LogP contribution in [0.25, 0.3) is 0 Å². The van der Waals surface area contributed by atoms with Crippen LogP contribution < -0.4 is 10.2 Å². The van der Waals surface area contributed by atoms with E-state index in [0.29, 0.717) is 12.1 Å². The normalized spacial score (nSPS) is 15.1. The molecule has 0 unspecified atom stereocenters. The van der Waals surface area contributed by atoms with Crippen molar-refractivity contribution in [1.29, 1.82) is 0 Å². The van der Waals surface area contributed by atoms with Crippen LogP contribution in [0.4, 0.5) is 5.82 Å². The second kappa shape index (κ2) is 10.3. The van der Waals surface area contributed by atoms with E-state index >= 15 is 0 Å². The number of ether oxygens (including phenoxy) is 2. The highest BCUT2D eigenvalue weighted by Crippen LogP contribution is 2.28. The number of rotatable bonds is 9. The Morgan fingerprint density at radius 1 is 1.41 bits per heavy atom. The van der Waals surface area contributed by atoms with Gasteiger partial charge in [-0.1, -0.05) is 6.92 Å². The molecule has 0 bridgehead atoms. The maximum absolute atomic E-state index is 12.8. The number of nitrogens with zero attached hydrogens (tertiary/aromatic N) is 2. The highest BCUT2D eigenvalue weighted by molar-refractivity contribution is 7.99. The van der Waals surface area contributed by atoms with Crippen LogP contribution in [-0.2, 0) is 9.47 Å². The Morgan fingerprint density at radius 3 is 2.74 bits per heavy atom. The maximum atomic E-state index is 12.8. The standard InChI is InChI=1S/C20H33N3O3S/c1-6-27-19-17(18(24)21-9-7-8-20(3,4)25-5)15(2)14-16(22-19)23-10-12-26-13-11-23/h14H,6-13H2,1-5H3,(H,21,24). The van der Waals surface area contributed by atoms with E-state index in [1.807, 2.05) is 13.0 Å². The van der Waals surface area contributed by atoms with E-state index in [-0.39, 0.29) is 11.5 Å². The number of nitrogens with one attached hydrogen (secondary N) is 1. The lowest BCUT2D eigenvalue weighted by Gasteiger charge is -2.29. The largest absolute Gasteiger partial charge is 0.379 e. The minimum Gasteiger partial charge on any atom is -0.379 e. The number of morpholine rings is 1. The third-order valence-electron chi connectivity index (χ3n) is 4.81. The Bertz CT molecular complexity index is 631. The topological polar surface area (TPSA) is 63.7 Å². The molecule has 27 heavy (non-hydrogen) atoms. The zero-order valence-electron chi connectivity index (χ0n) is 17.3. The zero-order chi connectivity index (χ0) is 19.9. The monoisotopic (exact) mass is 395 g/mol. The van der Waals surface area contributed by atoms with Gasteiger partial charge in [0.15, 0.2) is 0 Å². The first-order valence-electron chi connectivity index (χ1n) is 9.68. The number of aromatic nitrogens is 1.